The molecule has 3 aromatic rings. The molecule has 1 aromatic carbocycles. The molecule has 1 aliphatic heterocycles. The number of nitrogens with zero attached hydrogens (tertiary/aromatic N) is 4. The number of aromatic nitrogens is 2. The summed E-state index contributed by atoms with van der Waals surface area (Å²) in [5.41, 5.74) is 1.37. The third-order valence-corrected chi connectivity index (χ3v) is 6.49. The average molecular weight is 497 g/mol. The molecule has 8 heteroatoms. The lowest BCUT2D eigenvalue weighted by Gasteiger charge is -2.41. The lowest BCUT2D eigenvalue weighted by Crippen LogP contribution is -2.53. The molecule has 35 heavy (non-hydrogen) atoms. The van der Waals surface area contributed by atoms with E-state index in [0.717, 1.165) is 0 Å². The van der Waals surface area contributed by atoms with Gasteiger partial charge in [-0.25, -0.2) is 9.37 Å². The topological polar surface area (TPSA) is 58.4 Å². The maximum absolute atomic E-state index is 14.6. The first-order valence-corrected chi connectivity index (χ1v) is 12.0. The highest BCUT2D eigenvalue weighted by molar-refractivity contribution is 6.33. The van der Waals surface area contributed by atoms with Crippen molar-refractivity contribution in [2.75, 3.05) is 24.5 Å². The minimum atomic E-state index is -0.432. The van der Waals surface area contributed by atoms with Crippen LogP contribution in [-0.2, 0) is 11.3 Å². The van der Waals surface area contributed by atoms with Crippen molar-refractivity contribution >= 4 is 34.2 Å². The number of fused-ring (bicyclic) bond motifs is 1. The Bertz CT molecular complexity index is 1360. The van der Waals surface area contributed by atoms with Crippen LogP contribution in [0.15, 0.2) is 53.8 Å². The van der Waals surface area contributed by atoms with Crippen LogP contribution in [0.25, 0.3) is 22.3 Å². The van der Waals surface area contributed by atoms with Crippen LogP contribution in [0.2, 0.25) is 5.02 Å². The molecule has 0 aliphatic carbocycles. The van der Waals surface area contributed by atoms with Crippen LogP contribution < -0.4 is 10.5 Å². The lowest BCUT2D eigenvalue weighted by atomic mass is 9.96. The summed E-state index contributed by atoms with van der Waals surface area (Å²) in [4.78, 5) is 34.2. The van der Waals surface area contributed by atoms with E-state index in [1.165, 1.54) is 12.1 Å². The number of rotatable bonds is 4. The Morgan fingerprint density at radius 1 is 1.26 bits per heavy atom. The maximum Gasteiger partial charge on any atom is 0.254 e. The summed E-state index contributed by atoms with van der Waals surface area (Å²) < 4.78 is 16.3. The van der Waals surface area contributed by atoms with E-state index in [2.05, 4.69) is 11.5 Å². The Morgan fingerprint density at radius 3 is 2.60 bits per heavy atom. The van der Waals surface area contributed by atoms with Gasteiger partial charge < -0.3 is 9.80 Å². The van der Waals surface area contributed by atoms with Gasteiger partial charge in [0.1, 0.15) is 11.5 Å². The van der Waals surface area contributed by atoms with Gasteiger partial charge in [-0.3, -0.25) is 14.2 Å². The van der Waals surface area contributed by atoms with E-state index in [4.69, 9.17) is 16.6 Å². The summed E-state index contributed by atoms with van der Waals surface area (Å²) >= 11 is 6.67. The standard InChI is InChI=1S/C27H30ClFN4O2/c1-6-23(34)31-11-12-32(17(2)15-31)22-14-24(35)33(16-27(3,4)5)26-19(22)13-20(28)25(30-26)18-9-7-8-10-21(18)29/h6-10,13-14,17H,1,11-12,15-16H2,2-5H3/t17-/m0/s1. The predicted octanol–water partition coefficient (Wildman–Crippen LogP) is 5.13. The zero-order valence-electron chi connectivity index (χ0n) is 20.5. The summed E-state index contributed by atoms with van der Waals surface area (Å²) in [5, 5.41) is 1.02. The highest BCUT2D eigenvalue weighted by Gasteiger charge is 2.29. The molecule has 0 saturated carbocycles. The summed E-state index contributed by atoms with van der Waals surface area (Å²) in [6.45, 7) is 13.7. The Morgan fingerprint density at radius 2 is 1.97 bits per heavy atom. The van der Waals surface area contributed by atoms with Gasteiger partial charge >= 0.3 is 0 Å². The highest BCUT2D eigenvalue weighted by atomic mass is 35.5. The van der Waals surface area contributed by atoms with Crippen LogP contribution in [0.1, 0.15) is 27.7 Å². The largest absolute Gasteiger partial charge is 0.365 e. The second kappa shape index (κ2) is 9.46. The van der Waals surface area contributed by atoms with Gasteiger partial charge in [0.2, 0.25) is 5.91 Å². The van der Waals surface area contributed by atoms with Gasteiger partial charge in [-0.15, -0.1) is 0 Å². The van der Waals surface area contributed by atoms with Gasteiger partial charge in [0.15, 0.2) is 0 Å². The van der Waals surface area contributed by atoms with Crippen molar-refractivity contribution in [3.05, 3.63) is 70.2 Å². The van der Waals surface area contributed by atoms with Crippen LogP contribution in [0.5, 0.6) is 0 Å². The van der Waals surface area contributed by atoms with Gasteiger partial charge in [-0.1, -0.05) is 51.1 Å². The van der Waals surface area contributed by atoms with Crippen LogP contribution >= 0.6 is 11.6 Å². The normalized spacial score (nSPS) is 16.6. The van der Waals surface area contributed by atoms with Crippen LogP contribution in [0, 0.1) is 11.2 Å². The third-order valence-electron chi connectivity index (χ3n) is 6.20. The van der Waals surface area contributed by atoms with Crippen LogP contribution in [-0.4, -0.2) is 46.0 Å². The van der Waals surface area contributed by atoms with E-state index in [1.807, 2.05) is 27.7 Å². The molecular formula is C27H30ClFN4O2. The van der Waals surface area contributed by atoms with E-state index in [-0.39, 0.29) is 28.5 Å². The number of anilines is 1. The van der Waals surface area contributed by atoms with Crippen molar-refractivity contribution in [2.45, 2.75) is 40.3 Å². The molecule has 0 radical (unpaired) electrons. The number of pyridine rings is 2. The van der Waals surface area contributed by atoms with E-state index >= 15 is 0 Å². The first-order valence-electron chi connectivity index (χ1n) is 11.7. The molecule has 184 valence electrons. The molecule has 1 amide bonds. The number of hydrogen-bond donors (Lipinski definition) is 0. The Labute approximate surface area is 209 Å². The second-order valence-corrected chi connectivity index (χ2v) is 10.6. The summed E-state index contributed by atoms with van der Waals surface area (Å²) in [6, 6.07) is 9.68. The van der Waals surface area contributed by atoms with E-state index in [1.54, 1.807) is 39.8 Å². The Balaban J connectivity index is 1.92. The molecule has 0 spiro atoms. The fourth-order valence-corrected chi connectivity index (χ4v) is 4.86. The molecule has 4 rings (SSSR count). The fourth-order valence-electron chi connectivity index (χ4n) is 4.60. The molecule has 1 aliphatic rings. The lowest BCUT2D eigenvalue weighted by molar-refractivity contribution is -0.126. The SMILES string of the molecule is C=CC(=O)N1CCN(c2cc(=O)n(CC(C)(C)C)c3nc(-c4ccccc4F)c(Cl)cc23)[C@@H](C)C1. The Hall–Kier alpha value is -3.19. The number of benzene rings is 1. The maximum atomic E-state index is 14.6. The fraction of sp³-hybridized carbons (Fsp3) is 0.370. The van der Waals surface area contributed by atoms with Gasteiger partial charge in [0.05, 0.1) is 16.4 Å². The molecule has 0 unspecified atom stereocenters. The quantitative estimate of drug-likeness (QED) is 0.470. The third kappa shape index (κ3) is 4.96. The number of hydrogen-bond acceptors (Lipinski definition) is 4. The predicted molar refractivity (Wildman–Crippen MR) is 139 cm³/mol. The summed E-state index contributed by atoms with van der Waals surface area (Å²) in [6.07, 6.45) is 1.32. The van der Waals surface area contributed by atoms with E-state index in [9.17, 15) is 14.0 Å². The van der Waals surface area contributed by atoms with Crippen LogP contribution in [0.3, 0.4) is 0 Å². The molecule has 0 bridgehead atoms. The molecule has 3 heterocycles. The van der Waals surface area contributed by atoms with Crippen molar-refractivity contribution in [3.8, 4) is 11.3 Å². The van der Waals surface area contributed by atoms with Gasteiger partial charge in [0.25, 0.3) is 5.56 Å². The minimum Gasteiger partial charge on any atom is -0.365 e. The Kier molecular flexibility index (Phi) is 6.73. The molecule has 1 fully saturated rings. The first kappa shape index (κ1) is 24.9. The van der Waals surface area contributed by atoms with Crippen molar-refractivity contribution < 1.29 is 9.18 Å². The summed E-state index contributed by atoms with van der Waals surface area (Å²) in [7, 11) is 0. The first-order chi connectivity index (χ1) is 16.5. The number of carbonyl (C=O) groups excluding carboxylic acids is 1. The van der Waals surface area contributed by atoms with Crippen molar-refractivity contribution in [1.29, 1.82) is 0 Å². The monoisotopic (exact) mass is 496 g/mol. The number of amides is 1. The van der Waals surface area contributed by atoms with Crippen molar-refractivity contribution in [2.24, 2.45) is 5.41 Å². The molecule has 0 N–H and O–H groups in total. The molecule has 1 atom stereocenters. The van der Waals surface area contributed by atoms with Gasteiger partial charge in [0, 0.05) is 49.2 Å². The molecule has 1 saturated heterocycles. The highest BCUT2D eigenvalue weighted by Crippen LogP contribution is 2.35. The van der Waals surface area contributed by atoms with E-state index in [0.29, 0.717) is 53.6 Å². The number of piperazine rings is 1. The van der Waals surface area contributed by atoms with Crippen LogP contribution in [0.4, 0.5) is 10.1 Å². The average Bonchev–Trinajstić information content (AvgIpc) is 2.80. The summed E-state index contributed by atoms with van der Waals surface area (Å²) in [5.74, 6) is -0.542. The number of carbonyl (C=O) groups is 1. The zero-order valence-corrected chi connectivity index (χ0v) is 21.3. The molecular weight excluding hydrogens is 467 g/mol. The molecule has 2 aromatic heterocycles. The van der Waals surface area contributed by atoms with Gasteiger partial charge in [-0.2, -0.15) is 0 Å². The van der Waals surface area contributed by atoms with Crippen molar-refractivity contribution in [1.82, 2.24) is 14.5 Å². The smallest absolute Gasteiger partial charge is 0.254 e. The molecule has 6 nitrogen and oxygen atoms in total. The minimum absolute atomic E-state index is 0.0428. The van der Waals surface area contributed by atoms with E-state index < -0.39 is 5.82 Å². The second-order valence-electron chi connectivity index (χ2n) is 10.2. The zero-order chi connectivity index (χ0) is 25.5. The van der Waals surface area contributed by atoms with Gasteiger partial charge in [-0.05, 0) is 36.6 Å². The van der Waals surface area contributed by atoms with Crippen molar-refractivity contribution in [3.63, 3.8) is 0 Å². The number of halogens is 2.